The number of amides is 2. The van der Waals surface area contributed by atoms with Crippen LogP contribution in [0, 0.1) is 5.82 Å². The SMILES string of the molecule is C=CCOc1c(Br)cc(C=NNC(=O)CCNC(=O)c2ccccc2F)cc1OC. The zero-order valence-electron chi connectivity index (χ0n) is 16.3. The van der Waals surface area contributed by atoms with Crippen molar-refractivity contribution < 1.29 is 23.5 Å². The lowest BCUT2D eigenvalue weighted by molar-refractivity contribution is -0.120. The number of carbonyl (C=O) groups excluding carboxylic acids is 2. The molecule has 0 fully saturated rings. The maximum absolute atomic E-state index is 13.5. The number of carbonyl (C=O) groups is 2. The largest absolute Gasteiger partial charge is 0.493 e. The van der Waals surface area contributed by atoms with E-state index in [2.05, 4.69) is 38.4 Å². The molecule has 0 bridgehead atoms. The van der Waals surface area contributed by atoms with E-state index >= 15 is 0 Å². The number of nitrogens with one attached hydrogen (secondary N) is 2. The van der Waals surface area contributed by atoms with E-state index in [9.17, 15) is 14.0 Å². The molecule has 0 aromatic heterocycles. The fourth-order valence-electron chi connectivity index (χ4n) is 2.36. The third-order valence-corrected chi connectivity index (χ3v) is 4.35. The lowest BCUT2D eigenvalue weighted by atomic mass is 10.2. The molecular weight excluding hydrogens is 457 g/mol. The maximum atomic E-state index is 13.5. The van der Waals surface area contributed by atoms with Gasteiger partial charge in [-0.05, 0) is 45.8 Å². The van der Waals surface area contributed by atoms with Gasteiger partial charge in [0.05, 0.1) is 23.4 Å². The number of nitrogens with zero attached hydrogens (tertiary/aromatic N) is 1. The molecule has 9 heteroatoms. The molecule has 2 aromatic rings. The van der Waals surface area contributed by atoms with Crippen molar-refractivity contribution in [3.8, 4) is 11.5 Å². The average molecular weight is 478 g/mol. The molecule has 0 saturated heterocycles. The quantitative estimate of drug-likeness (QED) is 0.311. The first-order chi connectivity index (χ1) is 14.5. The van der Waals surface area contributed by atoms with E-state index in [-0.39, 0.29) is 18.5 Å². The predicted octanol–water partition coefficient (Wildman–Crippen LogP) is 3.43. The van der Waals surface area contributed by atoms with Crippen LogP contribution in [0.4, 0.5) is 4.39 Å². The van der Waals surface area contributed by atoms with Crippen molar-refractivity contribution in [1.82, 2.24) is 10.7 Å². The summed E-state index contributed by atoms with van der Waals surface area (Å²) in [7, 11) is 1.51. The van der Waals surface area contributed by atoms with E-state index in [1.807, 2.05) is 0 Å². The fraction of sp³-hybridized carbons (Fsp3) is 0.190. The van der Waals surface area contributed by atoms with Gasteiger partial charge in [0.15, 0.2) is 11.5 Å². The Morgan fingerprint density at radius 1 is 1.30 bits per heavy atom. The number of ether oxygens (including phenoxy) is 2. The van der Waals surface area contributed by atoms with Crippen molar-refractivity contribution in [2.45, 2.75) is 6.42 Å². The van der Waals surface area contributed by atoms with E-state index in [4.69, 9.17) is 9.47 Å². The van der Waals surface area contributed by atoms with Crippen LogP contribution in [0.5, 0.6) is 11.5 Å². The molecular formula is C21H21BrFN3O4. The molecule has 0 radical (unpaired) electrons. The van der Waals surface area contributed by atoms with Gasteiger partial charge >= 0.3 is 0 Å². The van der Waals surface area contributed by atoms with Crippen LogP contribution in [0.3, 0.4) is 0 Å². The van der Waals surface area contributed by atoms with Gasteiger partial charge in [-0.25, -0.2) is 9.82 Å². The molecule has 0 aliphatic heterocycles. The highest BCUT2D eigenvalue weighted by molar-refractivity contribution is 9.10. The molecule has 0 spiro atoms. The van der Waals surface area contributed by atoms with Gasteiger partial charge in [0.25, 0.3) is 5.91 Å². The number of hydrogen-bond acceptors (Lipinski definition) is 5. The van der Waals surface area contributed by atoms with Crippen LogP contribution in [0.15, 0.2) is 58.6 Å². The van der Waals surface area contributed by atoms with Gasteiger partial charge in [-0.2, -0.15) is 5.10 Å². The number of hydrazone groups is 1. The molecule has 0 saturated carbocycles. The number of halogens is 2. The van der Waals surface area contributed by atoms with Crippen LogP contribution in [0.25, 0.3) is 0 Å². The lowest BCUT2D eigenvalue weighted by Crippen LogP contribution is -2.29. The van der Waals surface area contributed by atoms with Gasteiger partial charge in [0.2, 0.25) is 5.91 Å². The molecule has 2 rings (SSSR count). The summed E-state index contributed by atoms with van der Waals surface area (Å²) < 4.78 is 25.1. The highest BCUT2D eigenvalue weighted by Gasteiger charge is 2.12. The van der Waals surface area contributed by atoms with E-state index < -0.39 is 17.6 Å². The van der Waals surface area contributed by atoms with Gasteiger partial charge in [-0.1, -0.05) is 24.8 Å². The summed E-state index contributed by atoms with van der Waals surface area (Å²) in [6.45, 7) is 3.97. The lowest BCUT2D eigenvalue weighted by Gasteiger charge is -2.12. The van der Waals surface area contributed by atoms with Crippen molar-refractivity contribution in [2.24, 2.45) is 5.10 Å². The highest BCUT2D eigenvalue weighted by Crippen LogP contribution is 2.36. The standard InChI is InChI=1S/C21H21BrFN3O4/c1-3-10-30-20-16(22)11-14(12-18(20)29-2)13-25-26-19(27)8-9-24-21(28)15-6-4-5-7-17(15)23/h3-7,11-13H,1,8-10H2,2H3,(H,24,28)(H,26,27). The summed E-state index contributed by atoms with van der Waals surface area (Å²) in [5.41, 5.74) is 2.96. The first-order valence-corrected chi connectivity index (χ1v) is 9.71. The van der Waals surface area contributed by atoms with Crippen molar-refractivity contribution >= 4 is 34.0 Å². The minimum absolute atomic E-state index is 0.0150. The van der Waals surface area contributed by atoms with Gasteiger partial charge in [-0.15, -0.1) is 0 Å². The second kappa shape index (κ2) is 11.7. The molecule has 158 valence electrons. The summed E-state index contributed by atoms with van der Waals surface area (Å²) in [4.78, 5) is 23.8. The first-order valence-electron chi connectivity index (χ1n) is 8.92. The molecule has 2 amide bonds. The number of hydrogen-bond donors (Lipinski definition) is 2. The van der Waals surface area contributed by atoms with Gasteiger partial charge in [-0.3, -0.25) is 9.59 Å². The molecule has 7 nitrogen and oxygen atoms in total. The Bertz CT molecular complexity index is 950. The third-order valence-electron chi connectivity index (χ3n) is 3.76. The van der Waals surface area contributed by atoms with Crippen LogP contribution >= 0.6 is 15.9 Å². The van der Waals surface area contributed by atoms with Crippen molar-refractivity contribution in [3.63, 3.8) is 0 Å². The molecule has 30 heavy (non-hydrogen) atoms. The van der Waals surface area contributed by atoms with Crippen LogP contribution < -0.4 is 20.2 Å². The van der Waals surface area contributed by atoms with Crippen molar-refractivity contribution in [3.05, 3.63) is 70.5 Å². The first kappa shape index (κ1) is 23.1. The van der Waals surface area contributed by atoms with E-state index in [0.717, 1.165) is 0 Å². The monoisotopic (exact) mass is 477 g/mol. The Morgan fingerprint density at radius 3 is 2.77 bits per heavy atom. The highest BCUT2D eigenvalue weighted by atomic mass is 79.9. The molecule has 0 aliphatic rings. The van der Waals surface area contributed by atoms with E-state index in [1.165, 1.54) is 31.5 Å². The molecule has 0 unspecified atom stereocenters. The molecule has 0 atom stereocenters. The molecule has 0 aliphatic carbocycles. The molecule has 2 N–H and O–H groups in total. The number of rotatable bonds is 10. The second-order valence-corrected chi connectivity index (χ2v) is 6.77. The Kier molecular flexibility index (Phi) is 9.02. The Balaban J connectivity index is 1.85. The van der Waals surface area contributed by atoms with E-state index in [1.54, 1.807) is 24.3 Å². The van der Waals surface area contributed by atoms with Gasteiger partial charge < -0.3 is 14.8 Å². The summed E-state index contributed by atoms with van der Waals surface area (Å²) in [5.74, 6) is -0.581. The average Bonchev–Trinajstić information content (AvgIpc) is 2.72. The minimum Gasteiger partial charge on any atom is -0.493 e. The zero-order chi connectivity index (χ0) is 21.9. The third kappa shape index (κ3) is 6.70. The Labute approximate surface area is 182 Å². The van der Waals surface area contributed by atoms with Crippen LogP contribution in [0.1, 0.15) is 22.3 Å². The van der Waals surface area contributed by atoms with Crippen LogP contribution in [0.2, 0.25) is 0 Å². The minimum atomic E-state index is -0.619. The molecule has 0 heterocycles. The van der Waals surface area contributed by atoms with Crippen LogP contribution in [-0.4, -0.2) is 38.3 Å². The second-order valence-electron chi connectivity index (χ2n) is 5.91. The molecule has 2 aromatic carbocycles. The Hall–Kier alpha value is -3.20. The van der Waals surface area contributed by atoms with E-state index in [0.29, 0.717) is 28.1 Å². The summed E-state index contributed by atoms with van der Waals surface area (Å²) in [6.07, 6.45) is 3.05. The summed E-state index contributed by atoms with van der Waals surface area (Å²) in [6, 6.07) is 9.08. The zero-order valence-corrected chi connectivity index (χ0v) is 17.9. The fourth-order valence-corrected chi connectivity index (χ4v) is 2.94. The predicted molar refractivity (Wildman–Crippen MR) is 115 cm³/mol. The smallest absolute Gasteiger partial charge is 0.254 e. The van der Waals surface area contributed by atoms with Crippen LogP contribution in [-0.2, 0) is 4.79 Å². The van der Waals surface area contributed by atoms with Crippen molar-refractivity contribution in [2.75, 3.05) is 20.3 Å². The maximum Gasteiger partial charge on any atom is 0.254 e. The number of benzene rings is 2. The van der Waals surface area contributed by atoms with Gasteiger partial charge in [0.1, 0.15) is 12.4 Å². The Morgan fingerprint density at radius 2 is 2.07 bits per heavy atom. The summed E-state index contributed by atoms with van der Waals surface area (Å²) >= 11 is 3.41. The number of methoxy groups -OCH3 is 1. The van der Waals surface area contributed by atoms with Crippen molar-refractivity contribution in [1.29, 1.82) is 0 Å². The topological polar surface area (TPSA) is 89.0 Å². The summed E-state index contributed by atoms with van der Waals surface area (Å²) in [5, 5.41) is 6.38. The normalized spacial score (nSPS) is 10.5. The van der Waals surface area contributed by atoms with Gasteiger partial charge in [0, 0.05) is 13.0 Å².